The van der Waals surface area contributed by atoms with E-state index in [1.807, 2.05) is 16.8 Å². The lowest BCUT2D eigenvalue weighted by Gasteiger charge is -2.25. The monoisotopic (exact) mass is 262 g/mol. The molecule has 1 aromatic rings. The van der Waals surface area contributed by atoms with E-state index < -0.39 is 0 Å². The van der Waals surface area contributed by atoms with Crippen LogP contribution in [0.4, 0.5) is 0 Å². The SMILES string of the molecule is Cl.OC(CNC1CCCNC1)c1ccsc1. The van der Waals surface area contributed by atoms with Crippen LogP contribution in [-0.2, 0) is 0 Å². The highest BCUT2D eigenvalue weighted by Gasteiger charge is 2.14. The zero-order chi connectivity index (χ0) is 10.5. The normalized spacial score (nSPS) is 22.4. The van der Waals surface area contributed by atoms with Crippen LogP contribution >= 0.6 is 23.7 Å². The van der Waals surface area contributed by atoms with Gasteiger partial charge in [-0.05, 0) is 41.8 Å². The molecule has 0 saturated carbocycles. The van der Waals surface area contributed by atoms with E-state index >= 15 is 0 Å². The van der Waals surface area contributed by atoms with Gasteiger partial charge in [0.15, 0.2) is 0 Å². The summed E-state index contributed by atoms with van der Waals surface area (Å²) in [5.74, 6) is 0. The van der Waals surface area contributed by atoms with Gasteiger partial charge in [0.1, 0.15) is 0 Å². The molecule has 2 heterocycles. The predicted octanol–water partition coefficient (Wildman–Crippen LogP) is 1.54. The standard InChI is InChI=1S/C11H18N2OS.ClH/c14-11(9-3-5-15-8-9)7-13-10-2-1-4-12-6-10;/h3,5,8,10-14H,1-2,4,6-7H2;1H. The van der Waals surface area contributed by atoms with E-state index in [9.17, 15) is 5.11 Å². The summed E-state index contributed by atoms with van der Waals surface area (Å²) < 4.78 is 0. The van der Waals surface area contributed by atoms with Crippen LogP contribution in [0.15, 0.2) is 16.8 Å². The first-order valence-electron chi connectivity index (χ1n) is 5.50. The number of halogens is 1. The molecule has 1 aliphatic rings. The zero-order valence-corrected chi connectivity index (χ0v) is 10.8. The smallest absolute Gasteiger partial charge is 0.0922 e. The number of aliphatic hydroxyl groups is 1. The van der Waals surface area contributed by atoms with Gasteiger partial charge in [0, 0.05) is 19.1 Å². The molecule has 2 atom stereocenters. The van der Waals surface area contributed by atoms with Gasteiger partial charge in [-0.1, -0.05) is 0 Å². The lowest BCUT2D eigenvalue weighted by atomic mass is 10.1. The Morgan fingerprint density at radius 3 is 3.12 bits per heavy atom. The minimum Gasteiger partial charge on any atom is -0.387 e. The largest absolute Gasteiger partial charge is 0.387 e. The number of aliphatic hydroxyl groups excluding tert-OH is 1. The van der Waals surface area contributed by atoms with E-state index in [2.05, 4.69) is 10.6 Å². The molecule has 0 bridgehead atoms. The predicted molar refractivity (Wildman–Crippen MR) is 70.4 cm³/mol. The van der Waals surface area contributed by atoms with Gasteiger partial charge in [0.25, 0.3) is 0 Å². The summed E-state index contributed by atoms with van der Waals surface area (Å²) in [5.41, 5.74) is 1.02. The van der Waals surface area contributed by atoms with Gasteiger partial charge in [-0.2, -0.15) is 11.3 Å². The van der Waals surface area contributed by atoms with Crippen LogP contribution in [0.1, 0.15) is 24.5 Å². The maximum Gasteiger partial charge on any atom is 0.0922 e. The maximum atomic E-state index is 9.86. The third kappa shape index (κ3) is 4.03. The molecule has 92 valence electrons. The second-order valence-corrected chi connectivity index (χ2v) is 4.80. The van der Waals surface area contributed by atoms with E-state index in [0.29, 0.717) is 12.6 Å². The Bertz CT molecular complexity index is 276. The van der Waals surface area contributed by atoms with Gasteiger partial charge in [-0.3, -0.25) is 0 Å². The van der Waals surface area contributed by atoms with Crippen molar-refractivity contribution in [3.05, 3.63) is 22.4 Å². The summed E-state index contributed by atoms with van der Waals surface area (Å²) in [6, 6.07) is 2.50. The van der Waals surface area contributed by atoms with E-state index in [1.165, 1.54) is 12.8 Å². The molecule has 0 amide bonds. The van der Waals surface area contributed by atoms with E-state index in [1.54, 1.807) is 11.3 Å². The molecular weight excluding hydrogens is 244 g/mol. The van der Waals surface area contributed by atoms with Crippen molar-refractivity contribution < 1.29 is 5.11 Å². The third-order valence-corrected chi connectivity index (χ3v) is 3.53. The average molecular weight is 263 g/mol. The molecule has 3 N–H and O–H groups in total. The molecule has 1 aromatic heterocycles. The lowest BCUT2D eigenvalue weighted by Crippen LogP contribution is -2.44. The quantitative estimate of drug-likeness (QED) is 0.772. The first kappa shape index (κ1) is 13.9. The molecule has 5 heteroatoms. The average Bonchev–Trinajstić information content (AvgIpc) is 2.81. The van der Waals surface area contributed by atoms with Crippen molar-refractivity contribution in [2.45, 2.75) is 25.0 Å². The van der Waals surface area contributed by atoms with Crippen LogP contribution in [0.2, 0.25) is 0 Å². The first-order chi connectivity index (χ1) is 7.36. The van der Waals surface area contributed by atoms with Crippen LogP contribution < -0.4 is 10.6 Å². The minimum atomic E-state index is -0.363. The summed E-state index contributed by atoms with van der Waals surface area (Å²) in [4.78, 5) is 0. The topological polar surface area (TPSA) is 44.3 Å². The molecule has 1 saturated heterocycles. The number of thiophene rings is 1. The Kier molecular flexibility index (Phi) is 6.31. The van der Waals surface area contributed by atoms with Crippen LogP contribution in [-0.4, -0.2) is 30.8 Å². The minimum absolute atomic E-state index is 0. The Hall–Kier alpha value is -0.130. The fourth-order valence-electron chi connectivity index (χ4n) is 1.89. The van der Waals surface area contributed by atoms with E-state index in [4.69, 9.17) is 0 Å². The first-order valence-corrected chi connectivity index (χ1v) is 6.45. The van der Waals surface area contributed by atoms with Gasteiger partial charge in [-0.15, -0.1) is 12.4 Å². The summed E-state index contributed by atoms with van der Waals surface area (Å²) in [7, 11) is 0. The van der Waals surface area contributed by atoms with Gasteiger partial charge >= 0.3 is 0 Å². The van der Waals surface area contributed by atoms with Crippen molar-refractivity contribution in [1.82, 2.24) is 10.6 Å². The summed E-state index contributed by atoms with van der Waals surface area (Å²) in [6.45, 7) is 2.81. The van der Waals surface area contributed by atoms with Crippen LogP contribution in [0.5, 0.6) is 0 Å². The maximum absolute atomic E-state index is 9.86. The van der Waals surface area contributed by atoms with Gasteiger partial charge in [-0.25, -0.2) is 0 Å². The Balaban J connectivity index is 0.00000128. The Morgan fingerprint density at radius 2 is 2.50 bits per heavy atom. The van der Waals surface area contributed by atoms with Crippen molar-refractivity contribution in [3.8, 4) is 0 Å². The van der Waals surface area contributed by atoms with Gasteiger partial charge < -0.3 is 15.7 Å². The fourth-order valence-corrected chi connectivity index (χ4v) is 2.59. The lowest BCUT2D eigenvalue weighted by molar-refractivity contribution is 0.167. The van der Waals surface area contributed by atoms with E-state index in [-0.39, 0.29) is 18.5 Å². The fraction of sp³-hybridized carbons (Fsp3) is 0.636. The zero-order valence-electron chi connectivity index (χ0n) is 9.19. The molecular formula is C11H19ClN2OS. The molecule has 0 spiro atoms. The molecule has 2 unspecified atom stereocenters. The number of nitrogens with one attached hydrogen (secondary N) is 2. The summed E-state index contributed by atoms with van der Waals surface area (Å²) in [6.07, 6.45) is 2.08. The van der Waals surface area contributed by atoms with Crippen LogP contribution in [0.3, 0.4) is 0 Å². The molecule has 1 aliphatic heterocycles. The Labute approximate surface area is 107 Å². The number of hydrogen-bond donors (Lipinski definition) is 3. The van der Waals surface area contributed by atoms with Gasteiger partial charge in [0.2, 0.25) is 0 Å². The summed E-state index contributed by atoms with van der Waals surface area (Å²) >= 11 is 1.63. The van der Waals surface area contributed by atoms with Crippen molar-refractivity contribution in [3.63, 3.8) is 0 Å². The van der Waals surface area contributed by atoms with Crippen molar-refractivity contribution in [2.75, 3.05) is 19.6 Å². The molecule has 3 nitrogen and oxygen atoms in total. The molecule has 0 aliphatic carbocycles. The summed E-state index contributed by atoms with van der Waals surface area (Å²) in [5, 5.41) is 20.6. The van der Waals surface area contributed by atoms with Crippen molar-refractivity contribution >= 4 is 23.7 Å². The third-order valence-electron chi connectivity index (χ3n) is 2.82. The molecule has 2 rings (SSSR count). The molecule has 0 radical (unpaired) electrons. The highest BCUT2D eigenvalue weighted by atomic mass is 35.5. The second-order valence-electron chi connectivity index (χ2n) is 4.02. The number of hydrogen-bond acceptors (Lipinski definition) is 4. The highest BCUT2D eigenvalue weighted by molar-refractivity contribution is 7.07. The Morgan fingerprint density at radius 1 is 1.62 bits per heavy atom. The van der Waals surface area contributed by atoms with Crippen molar-refractivity contribution in [2.24, 2.45) is 0 Å². The van der Waals surface area contributed by atoms with Crippen LogP contribution in [0.25, 0.3) is 0 Å². The van der Waals surface area contributed by atoms with Gasteiger partial charge in [0.05, 0.1) is 6.10 Å². The van der Waals surface area contributed by atoms with E-state index in [0.717, 1.165) is 18.7 Å². The molecule has 16 heavy (non-hydrogen) atoms. The molecule has 0 aromatic carbocycles. The second kappa shape index (κ2) is 7.25. The molecule has 1 fully saturated rings. The number of rotatable bonds is 4. The number of piperidine rings is 1. The van der Waals surface area contributed by atoms with Crippen molar-refractivity contribution in [1.29, 1.82) is 0 Å². The highest BCUT2D eigenvalue weighted by Crippen LogP contribution is 2.15. The van der Waals surface area contributed by atoms with Crippen LogP contribution in [0, 0.1) is 0 Å².